The van der Waals surface area contributed by atoms with E-state index in [1.54, 1.807) is 18.2 Å². The largest absolute Gasteiger partial charge is 0.354 e. The van der Waals surface area contributed by atoms with Crippen molar-refractivity contribution < 1.29 is 9.18 Å². The summed E-state index contributed by atoms with van der Waals surface area (Å²) in [5.74, 6) is 0.311. The lowest BCUT2D eigenvalue weighted by atomic mass is 10.1. The van der Waals surface area contributed by atoms with Crippen molar-refractivity contribution >= 4 is 22.8 Å². The molecule has 1 aliphatic rings. The zero-order valence-corrected chi connectivity index (χ0v) is 15.9. The van der Waals surface area contributed by atoms with Crippen molar-refractivity contribution in [3.8, 4) is 0 Å². The molecular formula is C22H23FN4O. The van der Waals surface area contributed by atoms with Gasteiger partial charge in [-0.25, -0.2) is 14.4 Å². The van der Waals surface area contributed by atoms with Crippen molar-refractivity contribution in [2.45, 2.75) is 32.2 Å². The quantitative estimate of drug-likeness (QED) is 0.739. The molecular weight excluding hydrogens is 355 g/mol. The Labute approximate surface area is 163 Å². The van der Waals surface area contributed by atoms with Crippen molar-refractivity contribution in [2.75, 3.05) is 18.0 Å². The Hall–Kier alpha value is -3.02. The maximum absolute atomic E-state index is 13.7. The van der Waals surface area contributed by atoms with Gasteiger partial charge in [0, 0.05) is 18.5 Å². The topological polar surface area (TPSA) is 58.1 Å². The van der Waals surface area contributed by atoms with E-state index in [1.165, 1.54) is 6.07 Å². The van der Waals surface area contributed by atoms with Crippen LogP contribution in [0.4, 0.5) is 10.3 Å². The Morgan fingerprint density at radius 1 is 1.18 bits per heavy atom. The smallest absolute Gasteiger partial charge is 0.242 e. The van der Waals surface area contributed by atoms with Crippen LogP contribution in [-0.4, -0.2) is 35.0 Å². The number of aryl methyl sites for hydroxylation is 1. The monoisotopic (exact) mass is 378 g/mol. The molecule has 2 heterocycles. The van der Waals surface area contributed by atoms with Crippen LogP contribution in [0.2, 0.25) is 0 Å². The first kappa shape index (κ1) is 18.3. The minimum Gasteiger partial charge on any atom is -0.354 e. The van der Waals surface area contributed by atoms with Crippen LogP contribution in [0.3, 0.4) is 0 Å². The number of hydrogen-bond donors (Lipinski definition) is 1. The minimum absolute atomic E-state index is 0.0525. The average molecular weight is 378 g/mol. The van der Waals surface area contributed by atoms with Gasteiger partial charge in [-0.2, -0.15) is 0 Å². The summed E-state index contributed by atoms with van der Waals surface area (Å²) in [6.45, 7) is 3.12. The predicted molar refractivity (Wildman–Crippen MR) is 108 cm³/mol. The fourth-order valence-electron chi connectivity index (χ4n) is 3.77. The van der Waals surface area contributed by atoms with Crippen LogP contribution in [0.5, 0.6) is 0 Å². The Bertz CT molecular complexity index is 1010. The summed E-state index contributed by atoms with van der Waals surface area (Å²) in [4.78, 5) is 24.1. The number of benzene rings is 2. The fraction of sp³-hybridized carbons (Fsp3) is 0.318. The third kappa shape index (κ3) is 3.67. The summed E-state index contributed by atoms with van der Waals surface area (Å²) in [7, 11) is 0. The molecule has 0 spiro atoms. The normalized spacial score (nSPS) is 16.5. The number of carbonyl (C=O) groups excluding carboxylic acids is 1. The highest BCUT2D eigenvalue weighted by Gasteiger charge is 2.32. The minimum atomic E-state index is -0.291. The molecule has 144 valence electrons. The lowest BCUT2D eigenvalue weighted by molar-refractivity contribution is -0.122. The first-order valence-corrected chi connectivity index (χ1v) is 9.64. The number of anilines is 1. The maximum Gasteiger partial charge on any atom is 0.242 e. The number of carbonyl (C=O) groups is 1. The molecule has 3 aromatic rings. The third-order valence-corrected chi connectivity index (χ3v) is 5.25. The Morgan fingerprint density at radius 2 is 1.96 bits per heavy atom. The summed E-state index contributed by atoms with van der Waals surface area (Å²) in [6, 6.07) is 14.3. The number of nitrogens with one attached hydrogen (secondary N) is 1. The van der Waals surface area contributed by atoms with Gasteiger partial charge in [0.2, 0.25) is 11.9 Å². The van der Waals surface area contributed by atoms with Gasteiger partial charge in [-0.1, -0.05) is 36.4 Å². The van der Waals surface area contributed by atoms with Gasteiger partial charge in [-0.15, -0.1) is 0 Å². The Balaban J connectivity index is 1.46. The van der Waals surface area contributed by atoms with Crippen molar-refractivity contribution in [1.29, 1.82) is 0 Å². The van der Waals surface area contributed by atoms with E-state index < -0.39 is 0 Å². The number of nitrogens with zero attached hydrogens (tertiary/aromatic N) is 3. The van der Waals surface area contributed by atoms with E-state index in [-0.39, 0.29) is 17.8 Å². The van der Waals surface area contributed by atoms with Gasteiger partial charge in [-0.05, 0) is 43.9 Å². The average Bonchev–Trinajstić information content (AvgIpc) is 3.19. The summed E-state index contributed by atoms with van der Waals surface area (Å²) in [5.41, 5.74) is 2.40. The lowest BCUT2D eigenvalue weighted by Crippen LogP contribution is -2.44. The van der Waals surface area contributed by atoms with Gasteiger partial charge in [0.25, 0.3) is 0 Å². The van der Waals surface area contributed by atoms with Crippen LogP contribution >= 0.6 is 0 Å². The molecule has 2 aromatic carbocycles. The summed E-state index contributed by atoms with van der Waals surface area (Å²) in [5, 5.41) is 3.97. The molecule has 1 saturated heterocycles. The molecule has 6 heteroatoms. The molecule has 1 amide bonds. The van der Waals surface area contributed by atoms with E-state index in [0.717, 1.165) is 36.0 Å². The zero-order valence-electron chi connectivity index (χ0n) is 15.9. The van der Waals surface area contributed by atoms with E-state index in [1.807, 2.05) is 36.1 Å². The van der Waals surface area contributed by atoms with Crippen LogP contribution < -0.4 is 10.2 Å². The van der Waals surface area contributed by atoms with E-state index in [4.69, 9.17) is 0 Å². The predicted octanol–water partition coefficient (Wildman–Crippen LogP) is 3.41. The number of amides is 1. The van der Waals surface area contributed by atoms with E-state index in [0.29, 0.717) is 24.5 Å². The molecule has 28 heavy (non-hydrogen) atoms. The zero-order chi connectivity index (χ0) is 19.5. The van der Waals surface area contributed by atoms with Crippen molar-refractivity contribution in [3.63, 3.8) is 0 Å². The number of rotatable bonds is 5. The first-order chi connectivity index (χ1) is 13.6. The van der Waals surface area contributed by atoms with Crippen molar-refractivity contribution in [1.82, 2.24) is 15.3 Å². The highest BCUT2D eigenvalue weighted by Crippen LogP contribution is 2.25. The van der Waals surface area contributed by atoms with Gasteiger partial charge in [-0.3, -0.25) is 4.79 Å². The van der Waals surface area contributed by atoms with E-state index in [2.05, 4.69) is 15.3 Å². The third-order valence-electron chi connectivity index (χ3n) is 5.25. The molecule has 5 nitrogen and oxygen atoms in total. The van der Waals surface area contributed by atoms with Gasteiger partial charge >= 0.3 is 0 Å². The molecule has 1 fully saturated rings. The highest BCUT2D eigenvalue weighted by atomic mass is 19.1. The van der Waals surface area contributed by atoms with Crippen LogP contribution in [0, 0.1) is 12.7 Å². The van der Waals surface area contributed by atoms with Crippen LogP contribution in [0.1, 0.15) is 24.1 Å². The standard InChI is InChI=1S/C22H23FN4O/c1-15-17-8-3-5-10-19(17)26-22(25-15)27-14-6-11-20(27)21(28)24-13-12-16-7-2-4-9-18(16)23/h2-5,7-10,20H,6,11-14H2,1H3,(H,24,28)/t20-/m1/s1. The molecule has 1 aliphatic heterocycles. The fourth-order valence-corrected chi connectivity index (χ4v) is 3.77. The maximum atomic E-state index is 13.7. The Kier molecular flexibility index (Phi) is 5.19. The van der Waals surface area contributed by atoms with Gasteiger partial charge in [0.15, 0.2) is 0 Å². The lowest BCUT2D eigenvalue weighted by Gasteiger charge is -2.24. The van der Waals surface area contributed by atoms with Crippen LogP contribution in [0.25, 0.3) is 10.9 Å². The summed E-state index contributed by atoms with van der Waals surface area (Å²) >= 11 is 0. The molecule has 1 aromatic heterocycles. The van der Waals surface area contributed by atoms with Crippen molar-refractivity contribution in [2.24, 2.45) is 0 Å². The SMILES string of the molecule is Cc1nc(N2CCC[C@@H]2C(=O)NCCc2ccccc2F)nc2ccccc12. The summed E-state index contributed by atoms with van der Waals surface area (Å²) < 4.78 is 13.7. The molecule has 0 bridgehead atoms. The molecule has 1 atom stereocenters. The number of hydrogen-bond acceptors (Lipinski definition) is 4. The highest BCUT2D eigenvalue weighted by molar-refractivity contribution is 5.86. The first-order valence-electron chi connectivity index (χ1n) is 9.64. The van der Waals surface area contributed by atoms with Crippen LogP contribution in [0.15, 0.2) is 48.5 Å². The second-order valence-corrected chi connectivity index (χ2v) is 7.11. The Morgan fingerprint density at radius 3 is 2.82 bits per heavy atom. The van der Waals surface area contributed by atoms with Gasteiger partial charge < -0.3 is 10.2 Å². The molecule has 0 unspecified atom stereocenters. The van der Waals surface area contributed by atoms with Crippen molar-refractivity contribution in [3.05, 3.63) is 65.6 Å². The number of halogens is 1. The second kappa shape index (κ2) is 7.92. The summed E-state index contributed by atoms with van der Waals surface area (Å²) in [6.07, 6.45) is 2.15. The van der Waals surface area contributed by atoms with Gasteiger partial charge in [0.05, 0.1) is 11.2 Å². The second-order valence-electron chi connectivity index (χ2n) is 7.11. The van der Waals surface area contributed by atoms with E-state index in [9.17, 15) is 9.18 Å². The van der Waals surface area contributed by atoms with Crippen LogP contribution in [-0.2, 0) is 11.2 Å². The molecule has 0 aliphatic carbocycles. The number of aromatic nitrogens is 2. The molecule has 4 rings (SSSR count). The van der Waals surface area contributed by atoms with Gasteiger partial charge in [0.1, 0.15) is 11.9 Å². The molecule has 0 radical (unpaired) electrons. The number of para-hydroxylation sites is 1. The number of fused-ring (bicyclic) bond motifs is 1. The molecule has 1 N–H and O–H groups in total. The van der Waals surface area contributed by atoms with E-state index >= 15 is 0 Å². The molecule has 0 saturated carbocycles.